The number of rotatable bonds is 3. The molecular weight excluding hydrogens is 286 g/mol. The third kappa shape index (κ3) is 3.71. The first-order valence-corrected chi connectivity index (χ1v) is 6.36. The van der Waals surface area contributed by atoms with Gasteiger partial charge in [-0.05, 0) is 31.0 Å². The van der Waals surface area contributed by atoms with Crippen molar-refractivity contribution in [1.82, 2.24) is 5.06 Å². The van der Waals surface area contributed by atoms with Crippen LogP contribution in [-0.4, -0.2) is 30.7 Å². The van der Waals surface area contributed by atoms with Crippen molar-refractivity contribution in [3.05, 3.63) is 28.7 Å². The van der Waals surface area contributed by atoms with Crippen molar-refractivity contribution in [2.45, 2.75) is 12.8 Å². The van der Waals surface area contributed by atoms with E-state index in [4.69, 9.17) is 9.57 Å². The highest BCUT2D eigenvalue weighted by molar-refractivity contribution is 9.10. The van der Waals surface area contributed by atoms with Crippen LogP contribution in [0.5, 0.6) is 5.75 Å². The van der Waals surface area contributed by atoms with E-state index in [-0.39, 0.29) is 12.5 Å². The van der Waals surface area contributed by atoms with Crippen LogP contribution in [0.4, 0.5) is 0 Å². The van der Waals surface area contributed by atoms with E-state index in [1.807, 2.05) is 24.3 Å². The summed E-state index contributed by atoms with van der Waals surface area (Å²) in [5.74, 6) is 0.536. The van der Waals surface area contributed by atoms with Crippen LogP contribution >= 0.6 is 15.9 Å². The minimum Gasteiger partial charge on any atom is -0.484 e. The number of amides is 1. The Bertz CT molecular complexity index is 391. The van der Waals surface area contributed by atoms with Crippen LogP contribution in [0, 0.1) is 0 Å². The van der Waals surface area contributed by atoms with Crippen molar-refractivity contribution in [2.75, 3.05) is 19.8 Å². The van der Waals surface area contributed by atoms with Crippen molar-refractivity contribution in [2.24, 2.45) is 0 Å². The average Bonchev–Trinajstić information content (AvgIpc) is 2.37. The molecule has 4 nitrogen and oxygen atoms in total. The highest BCUT2D eigenvalue weighted by Gasteiger charge is 2.17. The molecule has 0 aromatic heterocycles. The molecule has 2 rings (SSSR count). The Morgan fingerprint density at radius 3 is 3.06 bits per heavy atom. The van der Waals surface area contributed by atoms with Crippen molar-refractivity contribution < 1.29 is 14.4 Å². The molecule has 0 saturated carbocycles. The Morgan fingerprint density at radius 2 is 2.35 bits per heavy atom. The third-order valence-electron chi connectivity index (χ3n) is 2.44. The maximum atomic E-state index is 11.7. The Morgan fingerprint density at radius 1 is 1.47 bits per heavy atom. The summed E-state index contributed by atoms with van der Waals surface area (Å²) in [6.45, 7) is 1.28. The molecule has 5 heteroatoms. The van der Waals surface area contributed by atoms with Crippen molar-refractivity contribution in [1.29, 1.82) is 0 Å². The first-order valence-electron chi connectivity index (χ1n) is 5.57. The van der Waals surface area contributed by atoms with E-state index in [1.165, 1.54) is 5.06 Å². The summed E-state index contributed by atoms with van der Waals surface area (Å²) >= 11 is 3.35. The monoisotopic (exact) mass is 299 g/mol. The van der Waals surface area contributed by atoms with Gasteiger partial charge in [-0.3, -0.25) is 9.63 Å². The van der Waals surface area contributed by atoms with Crippen LogP contribution in [-0.2, 0) is 9.63 Å². The van der Waals surface area contributed by atoms with Crippen LogP contribution < -0.4 is 4.74 Å². The Kier molecular flexibility index (Phi) is 4.39. The molecule has 1 aliphatic rings. The maximum Gasteiger partial charge on any atom is 0.283 e. The van der Waals surface area contributed by atoms with Gasteiger partial charge in [-0.25, -0.2) is 5.06 Å². The number of hydroxylamine groups is 2. The predicted octanol–water partition coefficient (Wildman–Crippen LogP) is 2.38. The molecule has 0 spiro atoms. The molecule has 1 heterocycles. The third-order valence-corrected chi connectivity index (χ3v) is 2.93. The minimum absolute atomic E-state index is 0.0104. The van der Waals surface area contributed by atoms with Gasteiger partial charge in [0.15, 0.2) is 6.61 Å². The largest absolute Gasteiger partial charge is 0.484 e. The smallest absolute Gasteiger partial charge is 0.283 e. The van der Waals surface area contributed by atoms with E-state index >= 15 is 0 Å². The lowest BCUT2D eigenvalue weighted by atomic mass is 10.3. The quantitative estimate of drug-likeness (QED) is 0.860. The van der Waals surface area contributed by atoms with Gasteiger partial charge in [0.1, 0.15) is 5.75 Å². The molecule has 1 amide bonds. The molecule has 92 valence electrons. The summed E-state index contributed by atoms with van der Waals surface area (Å²) in [6.07, 6.45) is 2.00. The number of hydrogen-bond acceptors (Lipinski definition) is 3. The molecule has 1 aromatic rings. The van der Waals surface area contributed by atoms with Crippen molar-refractivity contribution in [3.8, 4) is 5.75 Å². The van der Waals surface area contributed by atoms with Gasteiger partial charge in [-0.15, -0.1) is 0 Å². The number of halogens is 1. The first-order chi connectivity index (χ1) is 8.25. The average molecular weight is 300 g/mol. The molecule has 0 N–H and O–H groups in total. The number of benzene rings is 1. The van der Waals surface area contributed by atoms with E-state index in [2.05, 4.69) is 15.9 Å². The molecule has 0 unspecified atom stereocenters. The van der Waals surface area contributed by atoms with Crippen LogP contribution in [0.25, 0.3) is 0 Å². The SMILES string of the molecule is O=C(COc1cccc(Br)c1)N1CCCCO1. The number of carbonyl (C=O) groups is 1. The van der Waals surface area contributed by atoms with Gasteiger partial charge in [-0.2, -0.15) is 0 Å². The fourth-order valence-electron chi connectivity index (χ4n) is 1.57. The summed E-state index contributed by atoms with van der Waals surface area (Å²) in [7, 11) is 0. The van der Waals surface area contributed by atoms with Gasteiger partial charge >= 0.3 is 0 Å². The normalized spacial score (nSPS) is 15.7. The summed E-state index contributed by atoms with van der Waals surface area (Å²) in [5, 5.41) is 1.39. The summed E-state index contributed by atoms with van der Waals surface area (Å²) < 4.78 is 6.33. The standard InChI is InChI=1S/C12H14BrNO3/c13-10-4-3-5-11(8-10)16-9-12(15)14-6-1-2-7-17-14/h3-5,8H,1-2,6-7,9H2. The Hall–Kier alpha value is -1.07. The molecule has 17 heavy (non-hydrogen) atoms. The van der Waals surface area contributed by atoms with E-state index in [1.54, 1.807) is 0 Å². The molecule has 1 aromatic carbocycles. The lowest BCUT2D eigenvalue weighted by Gasteiger charge is -2.25. The maximum absolute atomic E-state index is 11.7. The highest BCUT2D eigenvalue weighted by atomic mass is 79.9. The molecule has 0 atom stereocenters. The van der Waals surface area contributed by atoms with Gasteiger partial charge in [0.25, 0.3) is 5.91 Å². The summed E-state index contributed by atoms with van der Waals surface area (Å²) in [4.78, 5) is 17.0. The lowest BCUT2D eigenvalue weighted by Crippen LogP contribution is -2.38. The van der Waals surface area contributed by atoms with Gasteiger partial charge in [0.2, 0.25) is 0 Å². The Labute approximate surface area is 109 Å². The van der Waals surface area contributed by atoms with E-state index < -0.39 is 0 Å². The molecule has 0 radical (unpaired) electrons. The van der Waals surface area contributed by atoms with Crippen LogP contribution in [0.3, 0.4) is 0 Å². The number of nitrogens with zero attached hydrogens (tertiary/aromatic N) is 1. The fraction of sp³-hybridized carbons (Fsp3) is 0.417. The minimum atomic E-state index is -0.135. The zero-order valence-electron chi connectivity index (χ0n) is 9.39. The van der Waals surface area contributed by atoms with E-state index in [0.29, 0.717) is 18.9 Å². The van der Waals surface area contributed by atoms with Gasteiger partial charge in [0.05, 0.1) is 6.61 Å². The van der Waals surface area contributed by atoms with Crippen LogP contribution in [0.2, 0.25) is 0 Å². The van der Waals surface area contributed by atoms with Crippen molar-refractivity contribution >= 4 is 21.8 Å². The van der Waals surface area contributed by atoms with Gasteiger partial charge < -0.3 is 4.74 Å². The Balaban J connectivity index is 1.83. The fourth-order valence-corrected chi connectivity index (χ4v) is 1.95. The number of hydrogen-bond donors (Lipinski definition) is 0. The predicted molar refractivity (Wildman–Crippen MR) is 66.5 cm³/mol. The first kappa shape index (κ1) is 12.4. The molecule has 1 fully saturated rings. The summed E-state index contributed by atoms with van der Waals surface area (Å²) in [6, 6.07) is 7.41. The zero-order chi connectivity index (χ0) is 12.1. The molecule has 0 bridgehead atoms. The van der Waals surface area contributed by atoms with Crippen LogP contribution in [0.1, 0.15) is 12.8 Å². The molecular formula is C12H14BrNO3. The highest BCUT2D eigenvalue weighted by Crippen LogP contribution is 2.17. The van der Waals surface area contributed by atoms with Gasteiger partial charge in [0, 0.05) is 11.0 Å². The van der Waals surface area contributed by atoms with Gasteiger partial charge in [-0.1, -0.05) is 22.0 Å². The number of ether oxygens (including phenoxy) is 1. The van der Waals surface area contributed by atoms with E-state index in [9.17, 15) is 4.79 Å². The second-order valence-electron chi connectivity index (χ2n) is 3.78. The van der Waals surface area contributed by atoms with Crippen LogP contribution in [0.15, 0.2) is 28.7 Å². The van der Waals surface area contributed by atoms with Crippen molar-refractivity contribution in [3.63, 3.8) is 0 Å². The molecule has 1 saturated heterocycles. The lowest BCUT2D eigenvalue weighted by molar-refractivity contribution is -0.198. The topological polar surface area (TPSA) is 38.8 Å². The second-order valence-corrected chi connectivity index (χ2v) is 4.70. The van der Waals surface area contributed by atoms with E-state index in [0.717, 1.165) is 17.3 Å². The molecule has 1 aliphatic heterocycles. The molecule has 0 aliphatic carbocycles. The number of carbonyl (C=O) groups excluding carboxylic acids is 1. The zero-order valence-corrected chi connectivity index (χ0v) is 11.0. The second kappa shape index (κ2) is 6.02. The summed E-state index contributed by atoms with van der Waals surface area (Å²) in [5.41, 5.74) is 0.